The predicted molar refractivity (Wildman–Crippen MR) is 45.2 cm³/mol. The van der Waals surface area contributed by atoms with Gasteiger partial charge in [0.1, 0.15) is 0 Å². The number of carbonyl (C=O) groups is 1. The van der Waals surface area contributed by atoms with E-state index in [0.29, 0.717) is 0 Å². The number of rotatable bonds is 2. The monoisotopic (exact) mass is 230 g/mol. The molecule has 4 nitrogen and oxygen atoms in total. The average Bonchev–Trinajstić information content (AvgIpc) is 2.26. The van der Waals surface area contributed by atoms with Crippen molar-refractivity contribution in [1.82, 2.24) is 4.98 Å². The molecule has 0 radical (unpaired) electrons. The number of hydrogen-bond acceptors (Lipinski definition) is 4. The second kappa shape index (κ2) is 4.61. The first kappa shape index (κ1) is 12.0. The third kappa shape index (κ3) is 2.11. The fraction of sp³-hybridized carbons (Fsp3) is 0.222. The zero-order valence-electron chi connectivity index (χ0n) is 8.00. The van der Waals surface area contributed by atoms with Crippen LogP contribution in [-0.2, 0) is 4.74 Å². The molecule has 1 aromatic heterocycles. The molecule has 84 valence electrons. The summed E-state index contributed by atoms with van der Waals surface area (Å²) >= 11 is 0. The number of nitriles is 1. The highest BCUT2D eigenvalue weighted by Crippen LogP contribution is 2.25. The van der Waals surface area contributed by atoms with E-state index < -0.39 is 35.2 Å². The number of pyridine rings is 1. The molecule has 0 amide bonds. The molecule has 0 atom stereocenters. The summed E-state index contributed by atoms with van der Waals surface area (Å²) < 4.78 is 42.0. The quantitative estimate of drug-likeness (QED) is 0.574. The maximum Gasteiger partial charge on any atom is 0.356 e. The molecule has 0 aliphatic rings. The first-order valence-corrected chi connectivity index (χ1v) is 3.98. The summed E-state index contributed by atoms with van der Waals surface area (Å²) in [6.07, 6.45) is -3.17. The molecule has 0 saturated carbocycles. The van der Waals surface area contributed by atoms with Gasteiger partial charge in [0.2, 0.25) is 5.95 Å². The number of halogens is 3. The number of methoxy groups -OCH3 is 1. The second-order valence-corrected chi connectivity index (χ2v) is 2.66. The topological polar surface area (TPSA) is 63.0 Å². The molecule has 0 spiro atoms. The second-order valence-electron chi connectivity index (χ2n) is 2.66. The molecule has 1 rings (SSSR count). The molecule has 16 heavy (non-hydrogen) atoms. The standard InChI is InChI=1S/C9H5F3N2O2/c1-16-9(15)5-2-4(3-13)6(7(10)11)8(12)14-5/h2,7H,1H3. The molecule has 0 fully saturated rings. The van der Waals surface area contributed by atoms with Gasteiger partial charge in [-0.25, -0.2) is 18.6 Å². The first-order valence-electron chi connectivity index (χ1n) is 3.98. The van der Waals surface area contributed by atoms with Gasteiger partial charge in [0, 0.05) is 0 Å². The minimum absolute atomic E-state index is 0.527. The maximum absolute atomic E-state index is 13.1. The van der Waals surface area contributed by atoms with Crippen molar-refractivity contribution < 1.29 is 22.7 Å². The van der Waals surface area contributed by atoms with Crippen molar-refractivity contribution in [3.63, 3.8) is 0 Å². The van der Waals surface area contributed by atoms with Gasteiger partial charge in [-0.3, -0.25) is 0 Å². The van der Waals surface area contributed by atoms with Crippen LogP contribution >= 0.6 is 0 Å². The van der Waals surface area contributed by atoms with Crippen LogP contribution in [0.2, 0.25) is 0 Å². The fourth-order valence-corrected chi connectivity index (χ4v) is 1.03. The lowest BCUT2D eigenvalue weighted by Crippen LogP contribution is -2.09. The number of esters is 1. The smallest absolute Gasteiger partial charge is 0.356 e. The third-order valence-corrected chi connectivity index (χ3v) is 1.75. The van der Waals surface area contributed by atoms with Gasteiger partial charge in [-0.15, -0.1) is 0 Å². The normalized spacial score (nSPS) is 10.0. The Morgan fingerprint density at radius 1 is 1.62 bits per heavy atom. The Morgan fingerprint density at radius 3 is 2.69 bits per heavy atom. The van der Waals surface area contributed by atoms with E-state index in [4.69, 9.17) is 5.26 Å². The number of ether oxygens (including phenoxy) is 1. The largest absolute Gasteiger partial charge is 0.464 e. The van der Waals surface area contributed by atoms with Crippen LogP contribution in [-0.4, -0.2) is 18.1 Å². The highest BCUT2D eigenvalue weighted by atomic mass is 19.3. The van der Waals surface area contributed by atoms with Crippen LogP contribution in [0.3, 0.4) is 0 Å². The Balaban J connectivity index is 3.39. The average molecular weight is 230 g/mol. The summed E-state index contributed by atoms with van der Waals surface area (Å²) in [6.45, 7) is 0. The lowest BCUT2D eigenvalue weighted by Gasteiger charge is -2.05. The van der Waals surface area contributed by atoms with Crippen LogP contribution in [0.15, 0.2) is 6.07 Å². The third-order valence-electron chi connectivity index (χ3n) is 1.75. The molecule has 0 N–H and O–H groups in total. The number of nitrogens with zero attached hydrogens (tertiary/aromatic N) is 2. The van der Waals surface area contributed by atoms with Gasteiger partial charge in [0.15, 0.2) is 5.69 Å². The van der Waals surface area contributed by atoms with Crippen molar-refractivity contribution >= 4 is 5.97 Å². The highest BCUT2D eigenvalue weighted by Gasteiger charge is 2.23. The van der Waals surface area contributed by atoms with Gasteiger partial charge < -0.3 is 4.74 Å². The summed E-state index contributed by atoms with van der Waals surface area (Å²) in [6, 6.07) is 2.13. The van der Waals surface area contributed by atoms with E-state index >= 15 is 0 Å². The minimum atomic E-state index is -3.17. The first-order chi connectivity index (χ1) is 7.51. The van der Waals surface area contributed by atoms with Crippen LogP contribution < -0.4 is 0 Å². The maximum atomic E-state index is 13.1. The minimum Gasteiger partial charge on any atom is -0.464 e. The molecule has 1 heterocycles. The van der Waals surface area contributed by atoms with Gasteiger partial charge in [0.25, 0.3) is 6.43 Å². The zero-order chi connectivity index (χ0) is 12.3. The number of carbonyl (C=O) groups excluding carboxylic acids is 1. The predicted octanol–water partition coefficient (Wildman–Crippen LogP) is 1.82. The Morgan fingerprint density at radius 2 is 2.25 bits per heavy atom. The molecule has 0 saturated heterocycles. The van der Waals surface area contributed by atoms with Crippen molar-refractivity contribution in [1.29, 1.82) is 5.26 Å². The van der Waals surface area contributed by atoms with E-state index in [2.05, 4.69) is 9.72 Å². The summed E-state index contributed by atoms with van der Waals surface area (Å²) in [7, 11) is 1.02. The Labute approximate surface area is 88.3 Å². The molecule has 0 unspecified atom stereocenters. The van der Waals surface area contributed by atoms with Crippen LogP contribution in [0.1, 0.15) is 28.0 Å². The van der Waals surface area contributed by atoms with Crippen molar-refractivity contribution in [2.45, 2.75) is 6.43 Å². The van der Waals surface area contributed by atoms with E-state index in [1.54, 1.807) is 0 Å². The molecule has 0 aromatic carbocycles. The molecule has 0 aliphatic carbocycles. The van der Waals surface area contributed by atoms with Crippen molar-refractivity contribution in [3.8, 4) is 6.07 Å². The highest BCUT2D eigenvalue weighted by molar-refractivity contribution is 5.87. The summed E-state index contributed by atoms with van der Waals surface area (Å²) in [5.41, 5.74) is -2.28. The van der Waals surface area contributed by atoms with Crippen molar-refractivity contribution in [2.75, 3.05) is 7.11 Å². The van der Waals surface area contributed by atoms with Crippen molar-refractivity contribution in [3.05, 3.63) is 28.8 Å². The molecule has 0 bridgehead atoms. The van der Waals surface area contributed by atoms with Crippen LogP contribution in [0.25, 0.3) is 0 Å². The lowest BCUT2D eigenvalue weighted by atomic mass is 10.1. The number of aromatic nitrogens is 1. The van der Waals surface area contributed by atoms with Gasteiger partial charge in [-0.2, -0.15) is 9.65 Å². The molecule has 1 aromatic rings. The van der Waals surface area contributed by atoms with E-state index in [1.807, 2.05) is 0 Å². The Hall–Kier alpha value is -2.10. The van der Waals surface area contributed by atoms with Gasteiger partial charge >= 0.3 is 5.97 Å². The molecule has 0 aliphatic heterocycles. The van der Waals surface area contributed by atoms with Crippen LogP contribution in [0, 0.1) is 17.3 Å². The Bertz CT molecular complexity index is 469. The van der Waals surface area contributed by atoms with E-state index in [9.17, 15) is 18.0 Å². The van der Waals surface area contributed by atoms with E-state index in [-0.39, 0.29) is 0 Å². The van der Waals surface area contributed by atoms with Crippen LogP contribution in [0.4, 0.5) is 13.2 Å². The van der Waals surface area contributed by atoms with Gasteiger partial charge in [0.05, 0.1) is 24.3 Å². The molecular formula is C9H5F3N2O2. The molecule has 7 heteroatoms. The SMILES string of the molecule is COC(=O)c1cc(C#N)c(C(F)F)c(F)n1. The van der Waals surface area contributed by atoms with E-state index in [1.165, 1.54) is 6.07 Å². The van der Waals surface area contributed by atoms with Crippen LogP contribution in [0.5, 0.6) is 0 Å². The fourth-order valence-electron chi connectivity index (χ4n) is 1.03. The van der Waals surface area contributed by atoms with E-state index in [0.717, 1.165) is 13.2 Å². The summed E-state index contributed by atoms with van der Waals surface area (Å²) in [5, 5.41) is 8.54. The lowest BCUT2D eigenvalue weighted by molar-refractivity contribution is 0.0591. The Kier molecular flexibility index (Phi) is 3.45. The van der Waals surface area contributed by atoms with Gasteiger partial charge in [-0.1, -0.05) is 0 Å². The number of hydrogen-bond donors (Lipinski definition) is 0. The summed E-state index contributed by atoms with van der Waals surface area (Å²) in [5.74, 6) is -2.55. The summed E-state index contributed by atoms with van der Waals surface area (Å²) in [4.78, 5) is 14.0. The number of alkyl halides is 2. The van der Waals surface area contributed by atoms with Crippen molar-refractivity contribution in [2.24, 2.45) is 0 Å². The zero-order valence-corrected chi connectivity index (χ0v) is 8.00. The van der Waals surface area contributed by atoms with Gasteiger partial charge in [-0.05, 0) is 6.07 Å². The molecular weight excluding hydrogens is 225 g/mol.